The van der Waals surface area contributed by atoms with Gasteiger partial charge in [0.15, 0.2) is 16.4 Å². The third kappa shape index (κ3) is 4.88. The summed E-state index contributed by atoms with van der Waals surface area (Å²) in [5.74, 6) is 0.321. The van der Waals surface area contributed by atoms with Crippen molar-refractivity contribution in [3.05, 3.63) is 40.8 Å². The highest BCUT2D eigenvalue weighted by atomic mass is 32.2. The van der Waals surface area contributed by atoms with Gasteiger partial charge >= 0.3 is 5.63 Å². The van der Waals surface area contributed by atoms with Crippen molar-refractivity contribution in [3.63, 3.8) is 0 Å². The fourth-order valence-electron chi connectivity index (χ4n) is 3.22. The number of ether oxygens (including phenoxy) is 1. The first-order chi connectivity index (χ1) is 12.9. The van der Waals surface area contributed by atoms with Crippen LogP contribution in [0.2, 0.25) is 0 Å². The molecule has 8 heteroatoms. The van der Waals surface area contributed by atoms with Gasteiger partial charge in [0.05, 0.1) is 11.5 Å². The van der Waals surface area contributed by atoms with Gasteiger partial charge in [0.25, 0.3) is 5.91 Å². The maximum atomic E-state index is 12.7. The molecule has 1 aliphatic heterocycles. The molecule has 7 nitrogen and oxygen atoms in total. The molecule has 1 amide bonds. The zero-order chi connectivity index (χ0) is 19.4. The van der Waals surface area contributed by atoms with Crippen molar-refractivity contribution in [1.29, 1.82) is 0 Å². The van der Waals surface area contributed by atoms with Gasteiger partial charge in [-0.05, 0) is 31.0 Å². The Labute approximate surface area is 157 Å². The summed E-state index contributed by atoms with van der Waals surface area (Å²) >= 11 is 0. The lowest BCUT2D eigenvalue weighted by Crippen LogP contribution is -2.44. The number of nitrogens with zero attached hydrogens (tertiary/aromatic N) is 1. The number of unbranched alkanes of at least 4 members (excludes halogenated alkanes) is 1. The smallest absolute Gasteiger partial charge is 0.336 e. The molecule has 2 aromatic rings. The lowest BCUT2D eigenvalue weighted by atomic mass is 10.2. The van der Waals surface area contributed by atoms with Crippen molar-refractivity contribution in [3.8, 4) is 5.75 Å². The Hall–Kier alpha value is -2.35. The molecule has 0 N–H and O–H groups in total. The monoisotopic (exact) mass is 393 g/mol. The predicted molar refractivity (Wildman–Crippen MR) is 102 cm³/mol. The summed E-state index contributed by atoms with van der Waals surface area (Å²) in [6, 6.07) is 7.73. The fraction of sp³-hybridized carbons (Fsp3) is 0.474. The van der Waals surface area contributed by atoms with Crippen molar-refractivity contribution in [2.45, 2.75) is 32.2 Å². The average molecular weight is 393 g/mol. The minimum Gasteiger partial charge on any atom is -0.484 e. The van der Waals surface area contributed by atoms with Gasteiger partial charge in [0.1, 0.15) is 11.3 Å². The van der Waals surface area contributed by atoms with E-state index in [1.54, 1.807) is 29.2 Å². The van der Waals surface area contributed by atoms with Crippen LogP contribution < -0.4 is 10.4 Å². The Morgan fingerprint density at radius 3 is 2.78 bits per heavy atom. The van der Waals surface area contributed by atoms with Crippen molar-refractivity contribution in [1.82, 2.24) is 4.90 Å². The molecule has 0 unspecified atom stereocenters. The van der Waals surface area contributed by atoms with Crippen LogP contribution in [-0.2, 0) is 14.6 Å². The van der Waals surface area contributed by atoms with Crippen LogP contribution in [0.3, 0.4) is 0 Å². The van der Waals surface area contributed by atoms with E-state index in [4.69, 9.17) is 9.15 Å². The molecule has 0 radical (unpaired) electrons. The summed E-state index contributed by atoms with van der Waals surface area (Å²) in [6.45, 7) is 2.35. The second kappa shape index (κ2) is 8.12. The number of rotatable bonds is 7. The summed E-state index contributed by atoms with van der Waals surface area (Å²) in [5.41, 5.74) is -0.0684. The first-order valence-electron chi connectivity index (χ1n) is 9.04. The van der Waals surface area contributed by atoms with E-state index in [1.165, 1.54) is 6.07 Å². The number of benzene rings is 1. The van der Waals surface area contributed by atoms with Gasteiger partial charge in [0, 0.05) is 30.1 Å². The molecule has 1 aromatic heterocycles. The third-order valence-corrected chi connectivity index (χ3v) is 6.43. The Kier molecular flexibility index (Phi) is 5.84. The quantitative estimate of drug-likeness (QED) is 0.668. The summed E-state index contributed by atoms with van der Waals surface area (Å²) < 4.78 is 34.2. The van der Waals surface area contributed by atoms with Crippen LogP contribution in [0.25, 0.3) is 11.0 Å². The predicted octanol–water partition coefficient (Wildman–Crippen LogP) is 1.99. The van der Waals surface area contributed by atoms with E-state index in [0.29, 0.717) is 24.3 Å². The molecule has 1 aromatic carbocycles. The summed E-state index contributed by atoms with van der Waals surface area (Å²) in [6.07, 6.45) is 2.19. The summed E-state index contributed by atoms with van der Waals surface area (Å²) in [4.78, 5) is 25.6. The second-order valence-electron chi connectivity index (χ2n) is 6.74. The molecule has 27 heavy (non-hydrogen) atoms. The van der Waals surface area contributed by atoms with E-state index >= 15 is 0 Å². The molecule has 0 saturated carbocycles. The van der Waals surface area contributed by atoms with Gasteiger partial charge in [-0.25, -0.2) is 13.2 Å². The maximum Gasteiger partial charge on any atom is 0.336 e. The highest BCUT2D eigenvalue weighted by Crippen LogP contribution is 2.21. The summed E-state index contributed by atoms with van der Waals surface area (Å²) in [7, 11) is -3.07. The lowest BCUT2D eigenvalue weighted by Gasteiger charge is -2.28. The van der Waals surface area contributed by atoms with Gasteiger partial charge in [-0.3, -0.25) is 4.79 Å². The molecule has 146 valence electrons. The van der Waals surface area contributed by atoms with E-state index in [-0.39, 0.29) is 30.1 Å². The first-order valence-corrected chi connectivity index (χ1v) is 10.9. The molecule has 3 rings (SSSR count). The standard InChI is InChI=1S/C19H23NO6S/c1-2-3-9-20(15-8-10-27(23,24)13-15)18(21)12-25-16-6-4-14-5-7-19(22)26-17(14)11-16/h4-7,11,15H,2-3,8-10,12-13H2,1H3/t15-/m1/s1. The zero-order valence-electron chi connectivity index (χ0n) is 15.2. The van der Waals surface area contributed by atoms with Crippen molar-refractivity contribution < 1.29 is 22.4 Å². The molecule has 1 fully saturated rings. The number of amides is 1. The van der Waals surface area contributed by atoms with Gasteiger partial charge in [0.2, 0.25) is 0 Å². The Morgan fingerprint density at radius 2 is 2.07 bits per heavy atom. The number of hydrogen-bond donors (Lipinski definition) is 0. The maximum absolute atomic E-state index is 12.7. The summed E-state index contributed by atoms with van der Waals surface area (Å²) in [5, 5.41) is 0.758. The van der Waals surface area contributed by atoms with Crippen LogP contribution in [0.15, 0.2) is 39.5 Å². The molecule has 0 spiro atoms. The molecule has 1 aliphatic rings. The van der Waals surface area contributed by atoms with E-state index < -0.39 is 15.5 Å². The molecule has 0 bridgehead atoms. The first kappa shape index (κ1) is 19.4. The number of carbonyl (C=O) groups excluding carboxylic acids is 1. The minimum atomic E-state index is -3.07. The molecule has 1 saturated heterocycles. The number of carbonyl (C=O) groups is 1. The molecule has 1 atom stereocenters. The number of sulfone groups is 1. The van der Waals surface area contributed by atoms with Crippen LogP contribution in [0.1, 0.15) is 26.2 Å². The lowest BCUT2D eigenvalue weighted by molar-refractivity contribution is -0.135. The van der Waals surface area contributed by atoms with Crippen LogP contribution in [0, 0.1) is 0 Å². The van der Waals surface area contributed by atoms with Crippen LogP contribution in [0.5, 0.6) is 5.75 Å². The van der Waals surface area contributed by atoms with E-state index in [1.807, 2.05) is 6.92 Å². The second-order valence-corrected chi connectivity index (χ2v) is 8.97. The topological polar surface area (TPSA) is 93.9 Å². The fourth-order valence-corrected chi connectivity index (χ4v) is 4.95. The van der Waals surface area contributed by atoms with Crippen LogP contribution in [-0.4, -0.2) is 49.9 Å². The average Bonchev–Trinajstić information content (AvgIpc) is 2.99. The Bertz CT molecular complexity index is 981. The number of fused-ring (bicyclic) bond motifs is 1. The van der Waals surface area contributed by atoms with Gasteiger partial charge in [-0.1, -0.05) is 13.3 Å². The van der Waals surface area contributed by atoms with Crippen molar-refractivity contribution in [2.75, 3.05) is 24.7 Å². The molecular weight excluding hydrogens is 370 g/mol. The van der Waals surface area contributed by atoms with Gasteiger partial charge in [-0.2, -0.15) is 0 Å². The molecule has 0 aliphatic carbocycles. The highest BCUT2D eigenvalue weighted by Gasteiger charge is 2.34. The zero-order valence-corrected chi connectivity index (χ0v) is 16.0. The minimum absolute atomic E-state index is 0.0174. The highest BCUT2D eigenvalue weighted by molar-refractivity contribution is 7.91. The normalized spacial score (nSPS) is 18.5. The van der Waals surface area contributed by atoms with E-state index in [0.717, 1.165) is 18.2 Å². The van der Waals surface area contributed by atoms with Crippen LogP contribution >= 0.6 is 0 Å². The van der Waals surface area contributed by atoms with E-state index in [9.17, 15) is 18.0 Å². The Morgan fingerprint density at radius 1 is 1.30 bits per heavy atom. The third-order valence-electron chi connectivity index (χ3n) is 4.68. The Balaban J connectivity index is 1.69. The number of hydrogen-bond acceptors (Lipinski definition) is 6. The molecule has 2 heterocycles. The SMILES string of the molecule is CCCCN(C(=O)COc1ccc2ccc(=O)oc2c1)[C@@H]1CCS(=O)(=O)C1. The van der Waals surface area contributed by atoms with E-state index in [2.05, 4.69) is 0 Å². The largest absolute Gasteiger partial charge is 0.484 e. The van der Waals surface area contributed by atoms with Gasteiger partial charge < -0.3 is 14.1 Å². The molecular formula is C19H23NO6S. The van der Waals surface area contributed by atoms with Crippen LogP contribution in [0.4, 0.5) is 0 Å². The van der Waals surface area contributed by atoms with Gasteiger partial charge in [-0.15, -0.1) is 0 Å². The van der Waals surface area contributed by atoms with Crippen molar-refractivity contribution in [2.24, 2.45) is 0 Å². The van der Waals surface area contributed by atoms with Crippen molar-refractivity contribution >= 4 is 26.7 Å².